The summed E-state index contributed by atoms with van der Waals surface area (Å²) in [6.45, 7) is 10.1. The van der Waals surface area contributed by atoms with Crippen LogP contribution in [0.4, 0.5) is 0 Å². The molecular weight excluding hydrogens is 206 g/mol. The summed E-state index contributed by atoms with van der Waals surface area (Å²) < 4.78 is 0. The van der Waals surface area contributed by atoms with Crippen LogP contribution >= 0.6 is 0 Å². The van der Waals surface area contributed by atoms with Crippen LogP contribution in [0.3, 0.4) is 0 Å². The molecule has 1 fully saturated rings. The smallest absolute Gasteiger partial charge is 0.0107 e. The molecular formula is C16H25N. The van der Waals surface area contributed by atoms with Crippen molar-refractivity contribution in [1.82, 2.24) is 5.32 Å². The minimum Gasteiger partial charge on any atom is -0.314 e. The van der Waals surface area contributed by atoms with Crippen molar-refractivity contribution >= 4 is 0 Å². The number of aryl methyl sites for hydroxylation is 1. The third-order valence-electron chi connectivity index (χ3n) is 4.53. The summed E-state index contributed by atoms with van der Waals surface area (Å²) in [5.74, 6) is 1.61. The first kappa shape index (κ1) is 12.6. The number of nitrogens with one attached hydrogen (secondary N) is 1. The largest absolute Gasteiger partial charge is 0.314 e. The van der Waals surface area contributed by atoms with Crippen molar-refractivity contribution in [3.63, 3.8) is 0 Å². The maximum atomic E-state index is 3.62. The van der Waals surface area contributed by atoms with Gasteiger partial charge < -0.3 is 5.32 Å². The van der Waals surface area contributed by atoms with E-state index in [1.54, 1.807) is 5.56 Å². The second kappa shape index (κ2) is 5.22. The lowest BCUT2D eigenvalue weighted by Gasteiger charge is -2.46. The van der Waals surface area contributed by atoms with Gasteiger partial charge in [-0.3, -0.25) is 0 Å². The van der Waals surface area contributed by atoms with Crippen LogP contribution in [-0.2, 0) is 0 Å². The van der Waals surface area contributed by atoms with Gasteiger partial charge in [-0.25, -0.2) is 0 Å². The highest BCUT2D eigenvalue weighted by Crippen LogP contribution is 2.45. The molecule has 2 rings (SSSR count). The summed E-state index contributed by atoms with van der Waals surface area (Å²) in [5, 5.41) is 3.62. The van der Waals surface area contributed by atoms with Gasteiger partial charge in [0.25, 0.3) is 0 Å². The molecule has 17 heavy (non-hydrogen) atoms. The molecule has 1 aromatic carbocycles. The highest BCUT2D eigenvalue weighted by molar-refractivity contribution is 5.37. The molecule has 1 aromatic rings. The van der Waals surface area contributed by atoms with E-state index >= 15 is 0 Å². The molecule has 0 bridgehead atoms. The molecule has 0 amide bonds. The molecule has 1 N–H and O–H groups in total. The normalized spacial score (nSPS) is 27.9. The van der Waals surface area contributed by atoms with Gasteiger partial charge in [0.15, 0.2) is 0 Å². The van der Waals surface area contributed by atoms with E-state index < -0.39 is 0 Å². The Morgan fingerprint density at radius 1 is 1.24 bits per heavy atom. The Bertz CT molecular complexity index is 383. The second-order valence-electron chi connectivity index (χ2n) is 5.37. The van der Waals surface area contributed by atoms with Gasteiger partial charge in [0, 0.05) is 6.04 Å². The molecule has 0 radical (unpaired) electrons. The highest BCUT2D eigenvalue weighted by Gasteiger charge is 2.40. The third kappa shape index (κ3) is 2.26. The van der Waals surface area contributed by atoms with Crippen molar-refractivity contribution in [3.05, 3.63) is 34.9 Å². The van der Waals surface area contributed by atoms with E-state index in [0.717, 1.165) is 24.4 Å². The van der Waals surface area contributed by atoms with Crippen molar-refractivity contribution in [2.75, 3.05) is 6.54 Å². The van der Waals surface area contributed by atoms with Crippen LogP contribution in [0.25, 0.3) is 0 Å². The fourth-order valence-electron chi connectivity index (χ4n) is 3.31. The van der Waals surface area contributed by atoms with E-state index in [-0.39, 0.29) is 0 Å². The zero-order valence-corrected chi connectivity index (χ0v) is 11.6. The van der Waals surface area contributed by atoms with Gasteiger partial charge in [-0.05, 0) is 55.3 Å². The molecule has 0 aromatic heterocycles. The molecule has 3 atom stereocenters. The van der Waals surface area contributed by atoms with Gasteiger partial charge in [-0.1, -0.05) is 38.5 Å². The van der Waals surface area contributed by atoms with Gasteiger partial charge in [0.05, 0.1) is 0 Å². The number of benzene rings is 1. The predicted octanol–water partition coefficient (Wildman–Crippen LogP) is 3.80. The standard InChI is InChI=1S/C16H25N/c1-5-13-15(10-16(13)17-6-2)14-9-7-8-11(3)12(14)4/h7-9,13,15-17H,5-6,10H2,1-4H3. The van der Waals surface area contributed by atoms with Crippen molar-refractivity contribution in [1.29, 1.82) is 0 Å². The second-order valence-corrected chi connectivity index (χ2v) is 5.37. The summed E-state index contributed by atoms with van der Waals surface area (Å²) in [5.41, 5.74) is 4.53. The Labute approximate surface area is 106 Å². The zero-order valence-electron chi connectivity index (χ0n) is 11.6. The summed E-state index contributed by atoms with van der Waals surface area (Å²) in [4.78, 5) is 0. The van der Waals surface area contributed by atoms with Crippen LogP contribution in [0.15, 0.2) is 18.2 Å². The zero-order chi connectivity index (χ0) is 12.4. The quantitative estimate of drug-likeness (QED) is 0.831. The summed E-state index contributed by atoms with van der Waals surface area (Å²) in [6, 6.07) is 7.51. The third-order valence-corrected chi connectivity index (χ3v) is 4.53. The van der Waals surface area contributed by atoms with Gasteiger partial charge in [0.2, 0.25) is 0 Å². The molecule has 3 unspecified atom stereocenters. The van der Waals surface area contributed by atoms with Gasteiger partial charge >= 0.3 is 0 Å². The van der Waals surface area contributed by atoms with Crippen LogP contribution in [0.5, 0.6) is 0 Å². The lowest BCUT2D eigenvalue weighted by molar-refractivity contribution is 0.162. The fraction of sp³-hybridized carbons (Fsp3) is 0.625. The first-order valence-electron chi connectivity index (χ1n) is 6.98. The molecule has 0 saturated heterocycles. The van der Waals surface area contributed by atoms with E-state index in [4.69, 9.17) is 0 Å². The molecule has 1 saturated carbocycles. The Morgan fingerprint density at radius 3 is 2.65 bits per heavy atom. The Hall–Kier alpha value is -0.820. The lowest BCUT2D eigenvalue weighted by Crippen LogP contribution is -2.49. The van der Waals surface area contributed by atoms with E-state index in [1.807, 2.05) is 0 Å². The Kier molecular flexibility index (Phi) is 3.88. The highest BCUT2D eigenvalue weighted by atomic mass is 14.9. The van der Waals surface area contributed by atoms with E-state index in [0.29, 0.717) is 0 Å². The molecule has 1 nitrogen and oxygen atoms in total. The number of rotatable bonds is 4. The topological polar surface area (TPSA) is 12.0 Å². The lowest BCUT2D eigenvalue weighted by atomic mass is 9.64. The Morgan fingerprint density at radius 2 is 2.00 bits per heavy atom. The monoisotopic (exact) mass is 231 g/mol. The average Bonchev–Trinajstić information content (AvgIpc) is 2.29. The van der Waals surface area contributed by atoms with Crippen molar-refractivity contribution in [2.45, 2.75) is 52.5 Å². The van der Waals surface area contributed by atoms with Crippen molar-refractivity contribution < 1.29 is 0 Å². The summed E-state index contributed by atoms with van der Waals surface area (Å²) >= 11 is 0. The summed E-state index contributed by atoms with van der Waals surface area (Å²) in [7, 11) is 0. The maximum Gasteiger partial charge on any atom is 0.0107 e. The van der Waals surface area contributed by atoms with Crippen LogP contribution in [0.2, 0.25) is 0 Å². The Balaban J connectivity index is 2.16. The van der Waals surface area contributed by atoms with Crippen LogP contribution in [0.1, 0.15) is 49.3 Å². The predicted molar refractivity (Wildman–Crippen MR) is 74.5 cm³/mol. The number of hydrogen-bond acceptors (Lipinski definition) is 1. The molecule has 1 aliphatic carbocycles. The van der Waals surface area contributed by atoms with Gasteiger partial charge in [0.1, 0.15) is 0 Å². The first-order valence-corrected chi connectivity index (χ1v) is 6.98. The minimum absolute atomic E-state index is 0.745. The molecule has 1 heteroatoms. The minimum atomic E-state index is 0.745. The van der Waals surface area contributed by atoms with Crippen molar-refractivity contribution in [3.8, 4) is 0 Å². The molecule has 94 valence electrons. The molecule has 0 aliphatic heterocycles. The van der Waals surface area contributed by atoms with E-state index in [9.17, 15) is 0 Å². The van der Waals surface area contributed by atoms with Crippen LogP contribution in [0, 0.1) is 19.8 Å². The summed E-state index contributed by atoms with van der Waals surface area (Å²) in [6.07, 6.45) is 2.60. The van der Waals surface area contributed by atoms with E-state index in [2.05, 4.69) is 51.2 Å². The van der Waals surface area contributed by atoms with Crippen LogP contribution in [-0.4, -0.2) is 12.6 Å². The van der Waals surface area contributed by atoms with E-state index in [1.165, 1.54) is 24.0 Å². The molecule has 0 spiro atoms. The molecule has 1 aliphatic rings. The fourth-order valence-corrected chi connectivity index (χ4v) is 3.31. The molecule has 0 heterocycles. The SMILES string of the molecule is CCNC1CC(c2cccc(C)c2C)C1CC. The van der Waals surface area contributed by atoms with Crippen LogP contribution < -0.4 is 5.32 Å². The van der Waals surface area contributed by atoms with Gasteiger partial charge in [-0.2, -0.15) is 0 Å². The van der Waals surface area contributed by atoms with Gasteiger partial charge in [-0.15, -0.1) is 0 Å². The average molecular weight is 231 g/mol. The number of hydrogen-bond donors (Lipinski definition) is 1. The van der Waals surface area contributed by atoms with Crippen molar-refractivity contribution in [2.24, 2.45) is 5.92 Å². The maximum absolute atomic E-state index is 3.62. The first-order chi connectivity index (χ1) is 8.19.